The maximum atomic E-state index is 5.04. The van der Waals surface area contributed by atoms with Gasteiger partial charge in [0.2, 0.25) is 0 Å². The van der Waals surface area contributed by atoms with Crippen LogP contribution >= 0.6 is 0 Å². The van der Waals surface area contributed by atoms with Crippen LogP contribution in [0.1, 0.15) is 25.8 Å². The van der Waals surface area contributed by atoms with Crippen molar-refractivity contribution in [1.82, 2.24) is 10.2 Å². The molecule has 3 nitrogen and oxygen atoms in total. The Morgan fingerprint density at radius 1 is 1.35 bits per heavy atom. The fourth-order valence-corrected chi connectivity index (χ4v) is 2.84. The number of hydrogen-bond acceptors (Lipinski definition) is 3. The van der Waals surface area contributed by atoms with Gasteiger partial charge >= 0.3 is 0 Å². The van der Waals surface area contributed by atoms with Crippen LogP contribution in [0, 0.1) is 11.8 Å². The van der Waals surface area contributed by atoms with Gasteiger partial charge in [-0.2, -0.15) is 0 Å². The van der Waals surface area contributed by atoms with Gasteiger partial charge in [-0.3, -0.25) is 0 Å². The van der Waals surface area contributed by atoms with Crippen LogP contribution < -0.4 is 5.32 Å². The van der Waals surface area contributed by atoms with Crippen molar-refractivity contribution in [2.45, 2.75) is 26.8 Å². The first kappa shape index (κ1) is 12.7. The quantitative estimate of drug-likeness (QED) is 0.796. The fraction of sp³-hybridized carbons (Fsp3) is 0.714. The summed E-state index contributed by atoms with van der Waals surface area (Å²) in [6.07, 6.45) is 4.92. The Hall–Kier alpha value is -0.800. The first-order valence-electron chi connectivity index (χ1n) is 6.68. The van der Waals surface area contributed by atoms with Crippen LogP contribution in [-0.4, -0.2) is 31.1 Å². The van der Waals surface area contributed by atoms with Gasteiger partial charge in [0.05, 0.1) is 12.5 Å². The summed E-state index contributed by atoms with van der Waals surface area (Å²) in [7, 11) is 0. The molecule has 3 heteroatoms. The van der Waals surface area contributed by atoms with E-state index in [1.807, 2.05) is 6.07 Å². The summed E-state index contributed by atoms with van der Waals surface area (Å²) >= 11 is 0. The summed E-state index contributed by atoms with van der Waals surface area (Å²) in [5.74, 6) is 1.71. The van der Waals surface area contributed by atoms with Gasteiger partial charge in [0, 0.05) is 38.3 Å². The van der Waals surface area contributed by atoms with Crippen LogP contribution in [0.2, 0.25) is 0 Å². The molecule has 0 radical (unpaired) electrons. The highest BCUT2D eigenvalue weighted by Crippen LogP contribution is 2.20. The molecule has 96 valence electrons. The first-order valence-corrected chi connectivity index (χ1v) is 6.68. The molecule has 0 amide bonds. The van der Waals surface area contributed by atoms with Crippen LogP contribution in [0.4, 0.5) is 0 Å². The summed E-state index contributed by atoms with van der Waals surface area (Å²) < 4.78 is 5.04. The molecule has 0 aliphatic carbocycles. The van der Waals surface area contributed by atoms with Gasteiger partial charge in [-0.15, -0.1) is 0 Å². The molecular formula is C14H24N2O. The smallest absolute Gasteiger partial charge is 0.0947 e. The molecule has 0 spiro atoms. The van der Waals surface area contributed by atoms with E-state index in [1.54, 1.807) is 12.5 Å². The Labute approximate surface area is 104 Å². The molecule has 1 aromatic heterocycles. The van der Waals surface area contributed by atoms with Crippen LogP contribution in [0.25, 0.3) is 0 Å². The maximum absolute atomic E-state index is 5.04. The van der Waals surface area contributed by atoms with Gasteiger partial charge in [0.1, 0.15) is 0 Å². The number of nitrogens with one attached hydrogen (secondary N) is 1. The number of furan rings is 1. The van der Waals surface area contributed by atoms with Gasteiger partial charge < -0.3 is 14.6 Å². The average molecular weight is 236 g/mol. The largest absolute Gasteiger partial charge is 0.472 e. The van der Waals surface area contributed by atoms with Crippen molar-refractivity contribution in [3.63, 3.8) is 0 Å². The third-order valence-electron chi connectivity index (χ3n) is 3.46. The third kappa shape index (κ3) is 4.17. The molecule has 0 aromatic carbocycles. The summed E-state index contributed by atoms with van der Waals surface area (Å²) in [5.41, 5.74) is 1.23. The van der Waals surface area contributed by atoms with Gasteiger partial charge in [-0.25, -0.2) is 0 Å². The topological polar surface area (TPSA) is 28.4 Å². The minimum atomic E-state index is 0.854. The lowest BCUT2D eigenvalue weighted by Crippen LogP contribution is -2.41. The van der Waals surface area contributed by atoms with Crippen molar-refractivity contribution in [3.8, 4) is 0 Å². The van der Waals surface area contributed by atoms with E-state index in [-0.39, 0.29) is 0 Å². The minimum absolute atomic E-state index is 0.854. The molecule has 2 heterocycles. The van der Waals surface area contributed by atoms with Crippen LogP contribution in [-0.2, 0) is 6.54 Å². The maximum Gasteiger partial charge on any atom is 0.0947 e. The number of likely N-dealkylation sites (tertiary alicyclic amines) is 1. The van der Waals surface area contributed by atoms with Crippen LogP contribution in [0.3, 0.4) is 0 Å². The zero-order valence-electron chi connectivity index (χ0n) is 11.0. The Morgan fingerprint density at radius 2 is 2.12 bits per heavy atom. The van der Waals surface area contributed by atoms with E-state index in [0.29, 0.717) is 0 Å². The molecule has 1 N–H and O–H groups in total. The Kier molecular flexibility index (Phi) is 4.63. The van der Waals surface area contributed by atoms with Crippen molar-refractivity contribution >= 4 is 0 Å². The number of nitrogens with zero attached hydrogens (tertiary/aromatic N) is 1. The lowest BCUT2D eigenvalue weighted by molar-refractivity contribution is 0.142. The zero-order valence-corrected chi connectivity index (χ0v) is 11.0. The molecule has 0 bridgehead atoms. The predicted octanol–water partition coefficient (Wildman–Crippen LogP) is 2.35. The number of hydrogen-bond donors (Lipinski definition) is 1. The second-order valence-electron chi connectivity index (χ2n) is 5.51. The highest BCUT2D eigenvalue weighted by Gasteiger charge is 2.20. The van der Waals surface area contributed by atoms with Gasteiger partial charge in [0.15, 0.2) is 0 Å². The van der Waals surface area contributed by atoms with E-state index in [2.05, 4.69) is 24.1 Å². The summed E-state index contributed by atoms with van der Waals surface area (Å²) in [5, 5.41) is 3.46. The van der Waals surface area contributed by atoms with E-state index in [1.165, 1.54) is 25.1 Å². The summed E-state index contributed by atoms with van der Waals surface area (Å²) in [4.78, 5) is 2.58. The molecule has 1 aromatic rings. The second-order valence-corrected chi connectivity index (χ2v) is 5.51. The van der Waals surface area contributed by atoms with Crippen molar-refractivity contribution < 1.29 is 4.42 Å². The number of rotatable bonds is 5. The fourth-order valence-electron chi connectivity index (χ4n) is 2.84. The van der Waals surface area contributed by atoms with Gasteiger partial charge in [-0.05, 0) is 24.3 Å². The molecule has 17 heavy (non-hydrogen) atoms. The van der Waals surface area contributed by atoms with Crippen molar-refractivity contribution in [2.24, 2.45) is 11.8 Å². The van der Waals surface area contributed by atoms with E-state index >= 15 is 0 Å². The van der Waals surface area contributed by atoms with Gasteiger partial charge in [0.25, 0.3) is 0 Å². The first-order chi connectivity index (χ1) is 8.24. The molecule has 2 unspecified atom stereocenters. The lowest BCUT2D eigenvalue weighted by atomic mass is 9.92. The van der Waals surface area contributed by atoms with Crippen molar-refractivity contribution in [2.75, 3.05) is 26.2 Å². The van der Waals surface area contributed by atoms with Gasteiger partial charge in [-0.1, -0.05) is 13.8 Å². The Morgan fingerprint density at radius 3 is 2.76 bits per heavy atom. The SMILES string of the molecule is CC1CC(C)CN(CCNCc2ccoc2)C1. The molecule has 2 atom stereocenters. The molecule has 1 aliphatic heterocycles. The van der Waals surface area contributed by atoms with Crippen molar-refractivity contribution in [3.05, 3.63) is 24.2 Å². The average Bonchev–Trinajstić information content (AvgIpc) is 2.76. The van der Waals surface area contributed by atoms with Crippen LogP contribution in [0.5, 0.6) is 0 Å². The highest BCUT2D eigenvalue weighted by molar-refractivity contribution is 5.04. The Bertz CT molecular complexity index is 300. The van der Waals surface area contributed by atoms with Crippen LogP contribution in [0.15, 0.2) is 23.0 Å². The van der Waals surface area contributed by atoms with Crippen molar-refractivity contribution in [1.29, 1.82) is 0 Å². The molecular weight excluding hydrogens is 212 g/mol. The lowest BCUT2D eigenvalue weighted by Gasteiger charge is -2.34. The Balaban J connectivity index is 1.61. The predicted molar refractivity (Wildman–Crippen MR) is 69.8 cm³/mol. The molecule has 1 fully saturated rings. The van der Waals surface area contributed by atoms with E-state index in [0.717, 1.165) is 31.5 Å². The second kappa shape index (κ2) is 6.22. The summed E-state index contributed by atoms with van der Waals surface area (Å²) in [6, 6.07) is 2.01. The highest BCUT2D eigenvalue weighted by atomic mass is 16.3. The van der Waals surface area contributed by atoms with E-state index in [4.69, 9.17) is 4.42 Å². The van der Waals surface area contributed by atoms with E-state index < -0.39 is 0 Å². The zero-order chi connectivity index (χ0) is 12.1. The number of piperidine rings is 1. The minimum Gasteiger partial charge on any atom is -0.472 e. The van der Waals surface area contributed by atoms with E-state index in [9.17, 15) is 0 Å². The molecule has 1 saturated heterocycles. The monoisotopic (exact) mass is 236 g/mol. The molecule has 2 rings (SSSR count). The standard InChI is InChI=1S/C14H24N2O/c1-12-7-13(2)10-16(9-12)5-4-15-8-14-3-6-17-11-14/h3,6,11-13,15H,4-5,7-10H2,1-2H3. The normalized spacial score (nSPS) is 26.2. The molecule has 1 aliphatic rings. The summed E-state index contributed by atoms with van der Waals surface area (Å²) in [6.45, 7) is 10.4. The third-order valence-corrected chi connectivity index (χ3v) is 3.46. The molecule has 0 saturated carbocycles.